The second kappa shape index (κ2) is 7.91. The molecule has 0 aromatic rings. The Kier molecular flexibility index (Phi) is 6.66. The van der Waals surface area contributed by atoms with Crippen molar-refractivity contribution in [2.45, 2.75) is 104 Å². The Morgan fingerprint density at radius 1 is 1.27 bits per heavy atom. The van der Waals surface area contributed by atoms with Crippen molar-refractivity contribution in [3.63, 3.8) is 0 Å². The second-order valence-electron chi connectivity index (χ2n) is 10.8. The number of hydrogen-bond donors (Lipinski definition) is 0. The van der Waals surface area contributed by atoms with Crippen molar-refractivity contribution in [1.29, 1.82) is 0 Å². The largest absolute Gasteiger partial charge is 0.414 e. The molecule has 0 amide bonds. The summed E-state index contributed by atoms with van der Waals surface area (Å²) in [6.07, 6.45) is 11.5. The van der Waals surface area contributed by atoms with E-state index >= 15 is 0 Å². The van der Waals surface area contributed by atoms with Gasteiger partial charge in [-0.1, -0.05) is 46.8 Å². The zero-order chi connectivity index (χ0) is 19.8. The summed E-state index contributed by atoms with van der Waals surface area (Å²) < 4.78 is 6.47. The SMILES string of the molecule is C[C@@H](C/C=C/[C@H](C)[C@H]1CC[C@H]2C(=O)CCC[C@]12C)O[Si](C)(C)C(C)(C)C. The number of hydrogen-bond acceptors (Lipinski definition) is 2. The average Bonchev–Trinajstić information content (AvgIpc) is 2.84. The van der Waals surface area contributed by atoms with Gasteiger partial charge in [0.15, 0.2) is 8.32 Å². The molecule has 5 atom stereocenters. The molecule has 26 heavy (non-hydrogen) atoms. The van der Waals surface area contributed by atoms with Crippen molar-refractivity contribution in [3.05, 3.63) is 12.2 Å². The van der Waals surface area contributed by atoms with E-state index in [-0.39, 0.29) is 16.6 Å². The highest BCUT2D eigenvalue weighted by Gasteiger charge is 2.51. The Balaban J connectivity index is 1.91. The molecule has 2 aliphatic carbocycles. The van der Waals surface area contributed by atoms with Gasteiger partial charge >= 0.3 is 0 Å². The molecule has 2 fully saturated rings. The average molecular weight is 379 g/mol. The van der Waals surface area contributed by atoms with Gasteiger partial charge in [-0.15, -0.1) is 0 Å². The molecule has 2 aliphatic rings. The molecule has 0 aromatic carbocycles. The van der Waals surface area contributed by atoms with Crippen molar-refractivity contribution in [2.24, 2.45) is 23.2 Å². The Hall–Kier alpha value is -0.413. The fraction of sp³-hybridized carbons (Fsp3) is 0.870. The van der Waals surface area contributed by atoms with Crippen LogP contribution in [0.5, 0.6) is 0 Å². The molecule has 0 unspecified atom stereocenters. The molecule has 0 radical (unpaired) electrons. The topological polar surface area (TPSA) is 26.3 Å². The minimum Gasteiger partial charge on any atom is -0.414 e. The molecule has 0 aliphatic heterocycles. The van der Waals surface area contributed by atoms with Gasteiger partial charge in [0, 0.05) is 18.4 Å². The first-order chi connectivity index (χ1) is 11.9. The summed E-state index contributed by atoms with van der Waals surface area (Å²) in [5.74, 6) is 2.08. The quantitative estimate of drug-likeness (QED) is 0.377. The number of ketones is 1. The standard InChI is InChI=1S/C23H42O2Si/c1-17(11-9-12-18(2)25-26(7,8)22(3,4)5)19-14-15-20-21(24)13-10-16-23(19,20)6/h9,11,17-20H,10,12-16H2,1-8H3/b11-9+/t17-,18-,19+,20-,23+/m0/s1. The lowest BCUT2D eigenvalue weighted by Crippen LogP contribution is -2.43. The van der Waals surface area contributed by atoms with E-state index in [0.29, 0.717) is 23.5 Å². The van der Waals surface area contributed by atoms with Crippen molar-refractivity contribution in [1.82, 2.24) is 0 Å². The molecular formula is C23H42O2Si. The molecular weight excluding hydrogens is 336 g/mol. The van der Waals surface area contributed by atoms with Gasteiger partial charge in [-0.3, -0.25) is 4.79 Å². The van der Waals surface area contributed by atoms with Crippen LogP contribution in [0.2, 0.25) is 18.1 Å². The zero-order valence-electron chi connectivity index (χ0n) is 18.5. The normalized spacial score (nSPS) is 32.7. The van der Waals surface area contributed by atoms with E-state index in [1.807, 2.05) is 0 Å². The molecule has 0 bridgehead atoms. The monoisotopic (exact) mass is 378 g/mol. The molecule has 3 heteroatoms. The first-order valence-electron chi connectivity index (χ1n) is 10.8. The molecule has 2 saturated carbocycles. The zero-order valence-corrected chi connectivity index (χ0v) is 19.5. The van der Waals surface area contributed by atoms with Crippen molar-refractivity contribution >= 4 is 14.1 Å². The predicted molar refractivity (Wildman–Crippen MR) is 114 cm³/mol. The van der Waals surface area contributed by atoms with Gasteiger partial charge in [-0.25, -0.2) is 0 Å². The first-order valence-corrected chi connectivity index (χ1v) is 13.7. The van der Waals surface area contributed by atoms with Gasteiger partial charge in [0.05, 0.1) is 0 Å². The molecule has 0 saturated heterocycles. The van der Waals surface area contributed by atoms with Gasteiger partial charge < -0.3 is 4.43 Å². The van der Waals surface area contributed by atoms with Crippen LogP contribution in [0.15, 0.2) is 12.2 Å². The molecule has 0 heterocycles. The van der Waals surface area contributed by atoms with Crippen LogP contribution < -0.4 is 0 Å². The summed E-state index contributed by atoms with van der Waals surface area (Å²) >= 11 is 0. The van der Waals surface area contributed by atoms with Crippen LogP contribution in [0.25, 0.3) is 0 Å². The Morgan fingerprint density at radius 2 is 1.92 bits per heavy atom. The molecule has 150 valence electrons. The van der Waals surface area contributed by atoms with Crippen LogP contribution in [-0.2, 0) is 9.22 Å². The van der Waals surface area contributed by atoms with Gasteiger partial charge in [0.2, 0.25) is 0 Å². The number of rotatable bonds is 6. The highest BCUT2D eigenvalue weighted by molar-refractivity contribution is 6.74. The Bertz CT molecular complexity index is 531. The van der Waals surface area contributed by atoms with Gasteiger partial charge in [0.25, 0.3) is 0 Å². The third-order valence-corrected chi connectivity index (χ3v) is 12.4. The number of allylic oxidation sites excluding steroid dienone is 1. The molecule has 0 N–H and O–H groups in total. The highest BCUT2D eigenvalue weighted by Crippen LogP contribution is 2.56. The van der Waals surface area contributed by atoms with Crippen molar-refractivity contribution < 1.29 is 9.22 Å². The minimum absolute atomic E-state index is 0.238. The van der Waals surface area contributed by atoms with E-state index in [9.17, 15) is 4.79 Å². The van der Waals surface area contributed by atoms with Crippen molar-refractivity contribution in [3.8, 4) is 0 Å². The van der Waals surface area contributed by atoms with Crippen molar-refractivity contribution in [2.75, 3.05) is 0 Å². The summed E-state index contributed by atoms with van der Waals surface area (Å²) in [5, 5.41) is 0.263. The van der Waals surface area contributed by atoms with Crippen LogP contribution >= 0.6 is 0 Å². The van der Waals surface area contributed by atoms with Crippen LogP contribution in [0.1, 0.15) is 80.1 Å². The van der Waals surface area contributed by atoms with Gasteiger partial charge in [-0.05, 0) is 74.4 Å². The van der Waals surface area contributed by atoms with E-state index in [1.54, 1.807) is 0 Å². The summed E-state index contributed by atoms with van der Waals surface area (Å²) in [7, 11) is -1.69. The van der Waals surface area contributed by atoms with E-state index < -0.39 is 8.32 Å². The number of carbonyl (C=O) groups excluding carboxylic acids is 1. The maximum atomic E-state index is 12.3. The lowest BCUT2D eigenvalue weighted by atomic mass is 9.62. The maximum absolute atomic E-state index is 12.3. The van der Waals surface area contributed by atoms with E-state index in [0.717, 1.165) is 25.7 Å². The molecule has 0 spiro atoms. The van der Waals surface area contributed by atoms with Gasteiger partial charge in [-0.2, -0.15) is 0 Å². The van der Waals surface area contributed by atoms with Crippen LogP contribution in [0, 0.1) is 23.2 Å². The molecule has 0 aromatic heterocycles. The third kappa shape index (κ3) is 4.52. The summed E-state index contributed by atoms with van der Waals surface area (Å²) in [6, 6.07) is 0. The smallest absolute Gasteiger partial charge is 0.192 e. The van der Waals surface area contributed by atoms with E-state index in [4.69, 9.17) is 4.43 Å². The number of Topliss-reactive ketones (excluding diaryl/α,β-unsaturated/α-hetero) is 1. The highest BCUT2D eigenvalue weighted by atomic mass is 28.4. The Morgan fingerprint density at radius 3 is 2.54 bits per heavy atom. The summed E-state index contributed by atoms with van der Waals surface area (Å²) in [5.41, 5.74) is 0.238. The third-order valence-electron chi connectivity index (χ3n) is 7.78. The maximum Gasteiger partial charge on any atom is 0.192 e. The predicted octanol–water partition coefficient (Wildman–Crippen LogP) is 6.76. The molecule has 2 rings (SSSR count). The van der Waals surface area contributed by atoms with E-state index in [1.165, 1.54) is 12.8 Å². The lowest BCUT2D eigenvalue weighted by Gasteiger charge is -2.41. The van der Waals surface area contributed by atoms with Crippen LogP contribution in [0.3, 0.4) is 0 Å². The Labute approximate surface area is 163 Å². The number of fused-ring (bicyclic) bond motifs is 1. The fourth-order valence-corrected chi connectivity index (χ4v) is 6.64. The van der Waals surface area contributed by atoms with Crippen LogP contribution in [-0.4, -0.2) is 20.2 Å². The summed E-state index contributed by atoms with van der Waals surface area (Å²) in [4.78, 5) is 12.3. The lowest BCUT2D eigenvalue weighted by molar-refractivity contribution is -0.129. The number of carbonyl (C=O) groups is 1. The minimum atomic E-state index is -1.69. The summed E-state index contributed by atoms with van der Waals surface area (Å²) in [6.45, 7) is 18.5. The molecule has 2 nitrogen and oxygen atoms in total. The van der Waals surface area contributed by atoms with Crippen LogP contribution in [0.4, 0.5) is 0 Å². The van der Waals surface area contributed by atoms with Gasteiger partial charge in [0.1, 0.15) is 5.78 Å². The van der Waals surface area contributed by atoms with E-state index in [2.05, 4.69) is 66.8 Å². The fourth-order valence-electron chi connectivity index (χ4n) is 5.18. The first kappa shape index (κ1) is 21.9. The second-order valence-corrected chi connectivity index (χ2v) is 15.5.